The molecule has 0 bridgehead atoms. The fraction of sp³-hybridized carbons (Fsp3) is 0.500. The third-order valence-electron chi connectivity index (χ3n) is 3.71. The Kier molecular flexibility index (Phi) is 5.00. The van der Waals surface area contributed by atoms with Gasteiger partial charge in [0.1, 0.15) is 0 Å². The van der Waals surface area contributed by atoms with E-state index in [0.717, 1.165) is 18.9 Å². The van der Waals surface area contributed by atoms with E-state index in [-0.39, 0.29) is 16.4 Å². The van der Waals surface area contributed by atoms with E-state index in [2.05, 4.69) is 0 Å². The van der Waals surface area contributed by atoms with Gasteiger partial charge in [-0.1, -0.05) is 0 Å². The second kappa shape index (κ2) is 6.63. The van der Waals surface area contributed by atoms with Gasteiger partial charge in [0, 0.05) is 19.2 Å². The van der Waals surface area contributed by atoms with E-state index in [0.29, 0.717) is 13.1 Å². The van der Waals surface area contributed by atoms with Gasteiger partial charge in [-0.25, -0.2) is 8.42 Å². The van der Waals surface area contributed by atoms with Crippen LogP contribution in [0.5, 0.6) is 5.75 Å². The second-order valence-corrected chi connectivity index (χ2v) is 7.31. The summed E-state index contributed by atoms with van der Waals surface area (Å²) in [6, 6.07) is 3.47. The lowest BCUT2D eigenvalue weighted by Crippen LogP contribution is -2.28. The topological polar surface area (TPSA) is 107 Å². The summed E-state index contributed by atoms with van der Waals surface area (Å²) < 4.78 is 31.5. The zero-order chi connectivity index (χ0) is 17.2. The first-order valence-corrected chi connectivity index (χ1v) is 8.63. The third kappa shape index (κ3) is 3.67. The van der Waals surface area contributed by atoms with Crippen LogP contribution in [0, 0.1) is 10.1 Å². The molecule has 8 nitrogen and oxygen atoms in total. The maximum Gasteiger partial charge on any atom is 0.312 e. The van der Waals surface area contributed by atoms with Crippen molar-refractivity contribution >= 4 is 21.5 Å². The highest BCUT2D eigenvalue weighted by Crippen LogP contribution is 2.32. The van der Waals surface area contributed by atoms with Gasteiger partial charge in [-0.05, 0) is 38.8 Å². The molecule has 1 aromatic rings. The molecule has 1 fully saturated rings. The first-order chi connectivity index (χ1) is 10.7. The van der Waals surface area contributed by atoms with Crippen LogP contribution >= 0.6 is 0 Å². The third-order valence-corrected chi connectivity index (χ3v) is 5.60. The molecule has 9 heteroatoms. The van der Waals surface area contributed by atoms with E-state index in [1.54, 1.807) is 0 Å². The number of sulfonamides is 1. The monoisotopic (exact) mass is 342 g/mol. The normalized spacial score (nSPS) is 17.0. The van der Waals surface area contributed by atoms with Gasteiger partial charge in [-0.2, -0.15) is 4.31 Å². The fourth-order valence-corrected chi connectivity index (χ4v) is 3.79. The first kappa shape index (κ1) is 17.4. The highest BCUT2D eigenvalue weighted by Gasteiger charge is 2.30. The maximum atomic E-state index is 12.5. The van der Waals surface area contributed by atoms with E-state index in [1.807, 2.05) is 0 Å². The smallest absolute Gasteiger partial charge is 0.312 e. The standard InChI is InChI=1S/C14H18N2O6S/c1-10(17)11(2)22-14-6-5-12(9-13(14)16(18)19)23(20,21)15-7-3-4-8-15/h5-6,9,11H,3-4,7-8H2,1-2H3. The van der Waals surface area contributed by atoms with E-state index >= 15 is 0 Å². The van der Waals surface area contributed by atoms with Gasteiger partial charge in [-0.15, -0.1) is 0 Å². The molecule has 0 spiro atoms. The van der Waals surface area contributed by atoms with Crippen molar-refractivity contribution in [3.8, 4) is 5.75 Å². The van der Waals surface area contributed by atoms with Crippen LogP contribution in [0.25, 0.3) is 0 Å². The second-order valence-electron chi connectivity index (χ2n) is 5.37. The van der Waals surface area contributed by atoms with Gasteiger partial charge in [0.2, 0.25) is 10.0 Å². The number of carbonyl (C=O) groups is 1. The Morgan fingerprint density at radius 1 is 1.35 bits per heavy atom. The molecule has 0 N–H and O–H groups in total. The van der Waals surface area contributed by atoms with Crippen LogP contribution in [0.15, 0.2) is 23.1 Å². The van der Waals surface area contributed by atoms with Crippen molar-refractivity contribution in [1.29, 1.82) is 0 Å². The van der Waals surface area contributed by atoms with Crippen LogP contribution < -0.4 is 4.74 Å². The van der Waals surface area contributed by atoms with Crippen molar-refractivity contribution in [3.05, 3.63) is 28.3 Å². The van der Waals surface area contributed by atoms with E-state index in [1.165, 1.54) is 30.3 Å². The quantitative estimate of drug-likeness (QED) is 0.575. The van der Waals surface area contributed by atoms with Crippen molar-refractivity contribution in [2.45, 2.75) is 37.7 Å². The van der Waals surface area contributed by atoms with Gasteiger partial charge < -0.3 is 4.74 Å². The zero-order valence-electron chi connectivity index (χ0n) is 12.9. The van der Waals surface area contributed by atoms with Crippen LogP contribution in [0.3, 0.4) is 0 Å². The summed E-state index contributed by atoms with van der Waals surface area (Å²) in [5.41, 5.74) is -0.474. The summed E-state index contributed by atoms with van der Waals surface area (Å²) in [5, 5.41) is 11.2. The number of carbonyl (C=O) groups excluding carboxylic acids is 1. The number of rotatable bonds is 6. The molecule has 0 aliphatic carbocycles. The summed E-state index contributed by atoms with van der Waals surface area (Å²) in [7, 11) is -3.75. The maximum absolute atomic E-state index is 12.5. The lowest BCUT2D eigenvalue weighted by molar-refractivity contribution is -0.386. The predicted molar refractivity (Wildman–Crippen MR) is 81.9 cm³/mol. The van der Waals surface area contributed by atoms with Gasteiger partial charge in [0.25, 0.3) is 0 Å². The van der Waals surface area contributed by atoms with Crippen LogP contribution in [0.4, 0.5) is 5.69 Å². The molecule has 0 saturated carbocycles. The highest BCUT2D eigenvalue weighted by molar-refractivity contribution is 7.89. The molecule has 2 rings (SSSR count). The van der Waals surface area contributed by atoms with Crippen molar-refractivity contribution in [3.63, 3.8) is 0 Å². The largest absolute Gasteiger partial charge is 0.476 e. The van der Waals surface area contributed by atoms with Gasteiger partial charge in [0.15, 0.2) is 17.6 Å². The SMILES string of the molecule is CC(=O)C(C)Oc1ccc(S(=O)(=O)N2CCCC2)cc1[N+](=O)[O-]. The molecule has 0 amide bonds. The summed E-state index contributed by atoms with van der Waals surface area (Å²) in [4.78, 5) is 21.6. The van der Waals surface area contributed by atoms with Crippen LogP contribution in [0.1, 0.15) is 26.7 Å². The van der Waals surface area contributed by atoms with Crippen molar-refractivity contribution in [2.24, 2.45) is 0 Å². The molecule has 1 unspecified atom stereocenters. The zero-order valence-corrected chi connectivity index (χ0v) is 13.7. The van der Waals surface area contributed by atoms with Crippen molar-refractivity contribution < 1.29 is 22.9 Å². The number of benzene rings is 1. The Morgan fingerprint density at radius 3 is 2.48 bits per heavy atom. The lowest BCUT2D eigenvalue weighted by atomic mass is 10.2. The fourth-order valence-electron chi connectivity index (χ4n) is 2.25. The van der Waals surface area contributed by atoms with Crippen LogP contribution in [-0.4, -0.2) is 42.6 Å². The number of hydrogen-bond acceptors (Lipinski definition) is 6. The number of nitro groups is 1. The van der Waals surface area contributed by atoms with Crippen LogP contribution in [0.2, 0.25) is 0 Å². The van der Waals surface area contributed by atoms with Crippen molar-refractivity contribution in [2.75, 3.05) is 13.1 Å². The number of nitrogens with zero attached hydrogens (tertiary/aromatic N) is 2. The Morgan fingerprint density at radius 2 is 1.96 bits per heavy atom. The number of Topliss-reactive ketones (excluding diaryl/α,β-unsaturated/α-hetero) is 1. The minimum atomic E-state index is -3.75. The minimum absolute atomic E-state index is 0.127. The summed E-state index contributed by atoms with van der Waals surface area (Å²) in [6.45, 7) is 3.61. The Bertz CT molecular complexity index is 725. The number of ketones is 1. The molecule has 1 heterocycles. The molecule has 1 aliphatic rings. The van der Waals surface area contributed by atoms with E-state index in [9.17, 15) is 23.3 Å². The average molecular weight is 342 g/mol. The molecule has 23 heavy (non-hydrogen) atoms. The Labute approximate surface area is 134 Å². The summed E-state index contributed by atoms with van der Waals surface area (Å²) >= 11 is 0. The van der Waals surface area contributed by atoms with E-state index in [4.69, 9.17) is 4.74 Å². The van der Waals surface area contributed by atoms with E-state index < -0.39 is 26.7 Å². The van der Waals surface area contributed by atoms with Gasteiger partial charge in [0.05, 0.1) is 9.82 Å². The molecule has 1 aromatic carbocycles. The molecule has 1 atom stereocenters. The highest BCUT2D eigenvalue weighted by atomic mass is 32.2. The molecule has 1 saturated heterocycles. The molecule has 0 aromatic heterocycles. The number of nitro benzene ring substituents is 1. The van der Waals surface area contributed by atoms with Crippen molar-refractivity contribution in [1.82, 2.24) is 4.31 Å². The number of hydrogen-bond donors (Lipinski definition) is 0. The Hall–Kier alpha value is -2.00. The Balaban J connectivity index is 2.39. The van der Waals surface area contributed by atoms with Gasteiger partial charge >= 0.3 is 5.69 Å². The molecule has 0 radical (unpaired) electrons. The molecule has 1 aliphatic heterocycles. The summed E-state index contributed by atoms with van der Waals surface area (Å²) in [5.74, 6) is -0.411. The van der Waals surface area contributed by atoms with Gasteiger partial charge in [-0.3, -0.25) is 14.9 Å². The lowest BCUT2D eigenvalue weighted by Gasteiger charge is -2.16. The summed E-state index contributed by atoms with van der Waals surface area (Å²) in [6.07, 6.45) is 0.701. The first-order valence-electron chi connectivity index (χ1n) is 7.19. The molecule has 126 valence electrons. The predicted octanol–water partition coefficient (Wildman–Crippen LogP) is 1.74. The minimum Gasteiger partial charge on any atom is -0.476 e. The van der Waals surface area contributed by atoms with Crippen LogP contribution in [-0.2, 0) is 14.8 Å². The number of ether oxygens (including phenoxy) is 1. The molecular weight excluding hydrogens is 324 g/mol. The molecular formula is C14H18N2O6S. The average Bonchev–Trinajstić information content (AvgIpc) is 3.01.